The van der Waals surface area contributed by atoms with Gasteiger partial charge in [0.1, 0.15) is 0 Å². The van der Waals surface area contributed by atoms with E-state index in [2.05, 4.69) is 197 Å². The lowest BCUT2D eigenvalue weighted by atomic mass is 9.98. The van der Waals surface area contributed by atoms with Gasteiger partial charge in [0.05, 0.1) is 0 Å². The van der Waals surface area contributed by atoms with Crippen molar-refractivity contribution >= 4 is 23.6 Å². The molecule has 0 N–H and O–H groups in total. The van der Waals surface area contributed by atoms with E-state index in [1.165, 1.54) is 83.5 Å². The summed E-state index contributed by atoms with van der Waals surface area (Å²) in [5.74, 6) is 0.309. The van der Waals surface area contributed by atoms with Crippen LogP contribution in [0.15, 0.2) is 149 Å². The fourth-order valence-electron chi connectivity index (χ4n) is 9.81. The van der Waals surface area contributed by atoms with Crippen LogP contribution in [-0.2, 0) is 0 Å². The molecule has 0 nitrogen and oxygen atoms in total. The number of aryl methyl sites for hydroxylation is 3. The molecular weight excluding hydrogens is 641 g/mol. The Balaban J connectivity index is 1.78. The van der Waals surface area contributed by atoms with Gasteiger partial charge in [-0.2, -0.15) is 0 Å². The van der Waals surface area contributed by atoms with Crippen LogP contribution in [0.3, 0.4) is 0 Å². The minimum atomic E-state index is -3.12. The summed E-state index contributed by atoms with van der Waals surface area (Å²) in [5, 5.41) is 6.29. The molecule has 0 heterocycles. The average molecular weight is 693 g/mol. The Bertz CT molecular complexity index is 2140. The molecule has 260 valence electrons. The van der Waals surface area contributed by atoms with Crippen molar-refractivity contribution in [1.82, 2.24) is 0 Å². The largest absolute Gasteiger partial charge is 0.178 e. The van der Waals surface area contributed by atoms with E-state index in [0.717, 1.165) is 0 Å². The van der Waals surface area contributed by atoms with Crippen molar-refractivity contribution in [2.75, 3.05) is 0 Å². The Labute approximate surface area is 313 Å². The molecule has 1 aliphatic rings. The van der Waals surface area contributed by atoms with Gasteiger partial charge >= 0.3 is 0 Å². The van der Waals surface area contributed by atoms with Gasteiger partial charge in [0.15, 0.2) is 8.07 Å². The molecule has 0 fully saturated rings. The first-order chi connectivity index (χ1) is 25.0. The Morgan fingerprint density at radius 2 is 0.673 bits per heavy atom. The normalized spacial score (nSPS) is 14.8. The van der Waals surface area contributed by atoms with Crippen LogP contribution in [0.4, 0.5) is 0 Å². The van der Waals surface area contributed by atoms with E-state index in [4.69, 9.17) is 0 Å². The van der Waals surface area contributed by atoms with Crippen LogP contribution in [0, 0.1) is 47.5 Å². The van der Waals surface area contributed by atoms with E-state index < -0.39 is 8.07 Å². The van der Waals surface area contributed by atoms with Gasteiger partial charge in [-0.05, 0) is 139 Å². The first-order valence-corrected chi connectivity index (χ1v) is 20.9. The van der Waals surface area contributed by atoms with Crippen LogP contribution in [0.1, 0.15) is 61.1 Å². The van der Waals surface area contributed by atoms with Gasteiger partial charge in [-0.1, -0.05) is 167 Å². The van der Waals surface area contributed by atoms with Gasteiger partial charge < -0.3 is 0 Å². The van der Waals surface area contributed by atoms with Gasteiger partial charge in [-0.3, -0.25) is 0 Å². The Morgan fingerprint density at radius 3 is 0.942 bits per heavy atom. The molecular formula is C51H52Si. The van der Waals surface area contributed by atoms with E-state index >= 15 is 0 Å². The molecule has 0 radical (unpaired) electrons. The molecule has 0 aromatic heterocycles. The number of rotatable bonds is 7. The summed E-state index contributed by atoms with van der Waals surface area (Å²) >= 11 is 0. The molecule has 7 rings (SSSR count). The van der Waals surface area contributed by atoms with Crippen molar-refractivity contribution in [3.8, 4) is 33.4 Å². The van der Waals surface area contributed by atoms with Crippen molar-refractivity contribution in [2.24, 2.45) is 5.92 Å². The monoisotopic (exact) mass is 692 g/mol. The molecule has 0 saturated heterocycles. The summed E-state index contributed by atoms with van der Waals surface area (Å²) in [7, 11) is -3.12. The summed E-state index contributed by atoms with van der Waals surface area (Å²) in [6.07, 6.45) is 0. The van der Waals surface area contributed by atoms with E-state index in [0.29, 0.717) is 5.92 Å². The topological polar surface area (TPSA) is 0 Å². The van der Waals surface area contributed by atoms with E-state index in [1.807, 2.05) is 0 Å². The summed E-state index contributed by atoms with van der Waals surface area (Å²) in [4.78, 5) is 0. The zero-order valence-electron chi connectivity index (χ0n) is 32.7. The van der Waals surface area contributed by atoms with Crippen LogP contribution >= 0.6 is 0 Å². The zero-order valence-corrected chi connectivity index (χ0v) is 33.7. The lowest BCUT2D eigenvalue weighted by molar-refractivity contribution is 0.851. The van der Waals surface area contributed by atoms with Crippen LogP contribution in [0.2, 0.25) is 0 Å². The predicted octanol–water partition coefficient (Wildman–Crippen LogP) is 11.9. The first-order valence-electron chi connectivity index (χ1n) is 18.9. The van der Waals surface area contributed by atoms with Crippen LogP contribution in [-0.4, -0.2) is 8.07 Å². The molecule has 0 amide bonds. The lowest BCUT2D eigenvalue weighted by Gasteiger charge is -2.44. The van der Waals surface area contributed by atoms with E-state index in [9.17, 15) is 0 Å². The second kappa shape index (κ2) is 13.9. The van der Waals surface area contributed by atoms with E-state index in [-0.39, 0.29) is 0 Å². The fourth-order valence-corrected chi connectivity index (χ4v) is 17.1. The van der Waals surface area contributed by atoms with Gasteiger partial charge in [0.25, 0.3) is 0 Å². The maximum absolute atomic E-state index is 3.12. The molecule has 0 saturated carbocycles. The molecule has 1 unspecified atom stereocenters. The van der Waals surface area contributed by atoms with Gasteiger partial charge in [-0.25, -0.2) is 0 Å². The number of allylic oxidation sites excluding steroid dienone is 4. The fraction of sp³-hybridized carbons (Fsp3) is 0.216. The molecule has 6 aromatic carbocycles. The molecule has 0 aliphatic heterocycles. The molecule has 1 heteroatoms. The quantitative estimate of drug-likeness (QED) is 0.115. The van der Waals surface area contributed by atoms with Gasteiger partial charge in [0.2, 0.25) is 0 Å². The predicted molar refractivity (Wildman–Crippen MR) is 229 cm³/mol. The number of benzene rings is 6. The Kier molecular flexibility index (Phi) is 9.44. The average Bonchev–Trinajstić information content (AvgIpc) is 3.34. The van der Waals surface area contributed by atoms with Crippen LogP contribution < -0.4 is 15.6 Å². The molecule has 1 atom stereocenters. The maximum Gasteiger partial charge on any atom is 0.178 e. The summed E-state index contributed by atoms with van der Waals surface area (Å²) in [6.45, 7) is 24.1. The van der Waals surface area contributed by atoms with Crippen LogP contribution in [0.25, 0.3) is 33.4 Å². The minimum Gasteiger partial charge on any atom is -0.0636 e. The lowest BCUT2D eigenvalue weighted by Crippen LogP contribution is -2.73. The highest BCUT2D eigenvalue weighted by Gasteiger charge is 2.52. The highest BCUT2D eigenvalue weighted by atomic mass is 28.3. The first kappa shape index (κ1) is 35.4. The molecule has 52 heavy (non-hydrogen) atoms. The molecule has 0 spiro atoms. The highest BCUT2D eigenvalue weighted by molar-refractivity contribution is 7.17. The van der Waals surface area contributed by atoms with Crippen molar-refractivity contribution in [3.63, 3.8) is 0 Å². The van der Waals surface area contributed by atoms with Crippen LogP contribution in [0.5, 0.6) is 0 Å². The van der Waals surface area contributed by atoms with Crippen molar-refractivity contribution < 1.29 is 0 Å². The van der Waals surface area contributed by atoms with Gasteiger partial charge in [0, 0.05) is 0 Å². The molecule has 1 aliphatic carbocycles. The number of hydrogen-bond acceptors (Lipinski definition) is 0. The second-order valence-electron chi connectivity index (χ2n) is 15.2. The maximum atomic E-state index is 2.50. The smallest absolute Gasteiger partial charge is 0.0636 e. The molecule has 6 aromatic rings. The second-order valence-corrected chi connectivity index (χ2v) is 18.7. The third kappa shape index (κ3) is 5.49. The summed E-state index contributed by atoms with van der Waals surface area (Å²) < 4.78 is 0. The van der Waals surface area contributed by atoms with Crippen molar-refractivity contribution in [3.05, 3.63) is 183 Å². The zero-order chi connectivity index (χ0) is 36.9. The summed E-state index contributed by atoms with van der Waals surface area (Å²) in [5.41, 5.74) is 20.6. The Morgan fingerprint density at radius 1 is 0.365 bits per heavy atom. The highest BCUT2D eigenvalue weighted by Crippen LogP contribution is 2.44. The van der Waals surface area contributed by atoms with E-state index in [1.54, 1.807) is 20.8 Å². The standard InChI is InChI=1S/C51H52Si/c1-32-26-29-45(42-20-14-11-15-21-42)39(8)48(32)52(51-37(6)35(4)36(5)38(51)7,49-33(2)27-30-46(40(49)9)43-22-16-12-17-23-43)50-34(3)28-31-47(41(50)10)44-24-18-13-19-25-44/h11-31,37H,1-10H3. The summed E-state index contributed by atoms with van der Waals surface area (Å²) in [6, 6.07) is 47.5. The Hall–Kier alpha value is -4.98. The SMILES string of the molecule is CC1=C(C)C(C)C([Si](c2c(C)ccc(-c3ccccc3)c2C)(c2c(C)ccc(-c3ccccc3)c2C)c2c(C)ccc(-c3ccccc3)c2C)=C1C. The van der Waals surface area contributed by atoms with Gasteiger partial charge in [-0.15, -0.1) is 0 Å². The van der Waals surface area contributed by atoms with Crippen molar-refractivity contribution in [1.29, 1.82) is 0 Å². The molecule has 0 bridgehead atoms. The number of hydrogen-bond donors (Lipinski definition) is 0. The minimum absolute atomic E-state index is 0.309. The third-order valence-electron chi connectivity index (χ3n) is 12.4. The van der Waals surface area contributed by atoms with Crippen molar-refractivity contribution in [2.45, 2.75) is 69.2 Å². The third-order valence-corrected chi connectivity index (χ3v) is 18.6.